The zero-order chi connectivity index (χ0) is 26.5. The number of benzene rings is 6. The van der Waals surface area contributed by atoms with Gasteiger partial charge in [0.2, 0.25) is 0 Å². The SMILES string of the molecule is BrC(c1ccccc1)=P(c1ccccc1)(c1ccccc1)c1cccc(-c2ccccc2)c1-c1ccccc1. The Morgan fingerprint density at radius 2 is 0.846 bits per heavy atom. The van der Waals surface area contributed by atoms with Crippen molar-refractivity contribution in [3.8, 4) is 22.3 Å². The van der Waals surface area contributed by atoms with Gasteiger partial charge in [0.15, 0.2) is 0 Å². The maximum absolute atomic E-state index is 4.27. The Morgan fingerprint density at radius 1 is 0.410 bits per heavy atom. The molecule has 0 heterocycles. The number of rotatable bonds is 6. The lowest BCUT2D eigenvalue weighted by atomic mass is 9.94. The highest BCUT2D eigenvalue weighted by Crippen LogP contribution is 2.52. The van der Waals surface area contributed by atoms with Gasteiger partial charge in [0, 0.05) is 4.20 Å². The minimum absolute atomic E-state index is 1.20. The van der Waals surface area contributed by atoms with Gasteiger partial charge in [0.05, 0.1) is 0 Å². The number of hydrogen-bond acceptors (Lipinski definition) is 0. The minimum atomic E-state index is -2.38. The van der Waals surface area contributed by atoms with Crippen LogP contribution in [0.3, 0.4) is 0 Å². The van der Waals surface area contributed by atoms with Crippen LogP contribution in [0, 0.1) is 0 Å². The second kappa shape index (κ2) is 11.5. The van der Waals surface area contributed by atoms with Crippen LogP contribution in [-0.2, 0) is 0 Å². The maximum Gasteiger partial charge on any atom is 0.0343 e. The summed E-state index contributed by atoms with van der Waals surface area (Å²) >= 11 is 4.27. The average molecular weight is 584 g/mol. The Kier molecular flexibility index (Phi) is 7.46. The molecule has 188 valence electrons. The molecule has 6 aromatic rings. The smallest absolute Gasteiger partial charge is 0.0343 e. The first-order valence-electron chi connectivity index (χ1n) is 13.1. The predicted molar refractivity (Wildman–Crippen MR) is 175 cm³/mol. The van der Waals surface area contributed by atoms with Crippen LogP contribution >= 0.6 is 22.8 Å². The minimum Gasteiger partial charge on any atom is -0.0622 e. The van der Waals surface area contributed by atoms with E-state index in [-0.39, 0.29) is 0 Å². The van der Waals surface area contributed by atoms with Crippen LogP contribution in [0.15, 0.2) is 170 Å². The lowest BCUT2D eigenvalue weighted by Gasteiger charge is -2.34. The molecule has 0 aliphatic carbocycles. The summed E-state index contributed by atoms with van der Waals surface area (Å²) in [5.41, 5.74) is 6.15. The molecule has 0 saturated heterocycles. The van der Waals surface area contributed by atoms with Crippen LogP contribution in [0.2, 0.25) is 0 Å². The summed E-state index contributed by atoms with van der Waals surface area (Å²) in [6.07, 6.45) is 0. The average Bonchev–Trinajstić information content (AvgIpc) is 3.03. The number of hydrogen-bond donors (Lipinski definition) is 0. The lowest BCUT2D eigenvalue weighted by molar-refractivity contribution is 1.60. The first-order chi connectivity index (χ1) is 19.3. The Balaban J connectivity index is 1.86. The molecular weight excluding hydrogens is 555 g/mol. The third-order valence-electron chi connectivity index (χ3n) is 7.14. The molecule has 0 fully saturated rings. The second-order valence-corrected chi connectivity index (χ2v) is 14.1. The van der Waals surface area contributed by atoms with Gasteiger partial charge in [0.25, 0.3) is 0 Å². The van der Waals surface area contributed by atoms with Crippen LogP contribution in [-0.4, -0.2) is 4.20 Å². The molecule has 0 aliphatic heterocycles. The van der Waals surface area contributed by atoms with Gasteiger partial charge in [-0.05, 0) is 66.5 Å². The van der Waals surface area contributed by atoms with Gasteiger partial charge in [-0.2, -0.15) is 0 Å². The molecule has 0 spiro atoms. The highest BCUT2D eigenvalue weighted by Gasteiger charge is 2.33. The van der Waals surface area contributed by atoms with Crippen molar-refractivity contribution in [3.63, 3.8) is 0 Å². The van der Waals surface area contributed by atoms with Gasteiger partial charge >= 0.3 is 0 Å². The summed E-state index contributed by atoms with van der Waals surface area (Å²) in [4.78, 5) is 0. The Bertz CT molecular complexity index is 1680. The van der Waals surface area contributed by atoms with E-state index in [1.807, 2.05) is 0 Å². The molecule has 0 unspecified atom stereocenters. The molecule has 0 amide bonds. The van der Waals surface area contributed by atoms with Crippen LogP contribution in [0.1, 0.15) is 5.56 Å². The standard InChI is InChI=1S/C37H28BrP/c38-37(31-21-10-3-11-22-31)39(32-23-12-4-13-24-32,33-25-14-5-15-26-33)35-28-16-27-34(29-17-6-1-7-18-29)36(35)30-19-8-2-9-20-30/h1-28H. The maximum atomic E-state index is 4.27. The van der Waals surface area contributed by atoms with E-state index < -0.39 is 6.89 Å². The first kappa shape index (κ1) is 25.4. The second-order valence-electron chi connectivity index (χ2n) is 9.43. The third kappa shape index (κ3) is 4.74. The van der Waals surface area contributed by atoms with Crippen molar-refractivity contribution in [2.75, 3.05) is 0 Å². The fourth-order valence-electron chi connectivity index (χ4n) is 5.42. The van der Waals surface area contributed by atoms with Crippen LogP contribution in [0.25, 0.3) is 22.3 Å². The number of halogens is 1. The van der Waals surface area contributed by atoms with Gasteiger partial charge in [-0.15, -0.1) is 0 Å². The Morgan fingerprint density at radius 3 is 1.36 bits per heavy atom. The van der Waals surface area contributed by atoms with E-state index in [0.29, 0.717) is 0 Å². The van der Waals surface area contributed by atoms with E-state index in [1.54, 1.807) is 0 Å². The molecule has 0 aromatic heterocycles. The molecule has 0 N–H and O–H groups in total. The third-order valence-corrected chi connectivity index (χ3v) is 13.3. The molecule has 2 heteroatoms. The van der Waals surface area contributed by atoms with Gasteiger partial charge in [-0.3, -0.25) is 0 Å². The zero-order valence-corrected chi connectivity index (χ0v) is 24.0. The van der Waals surface area contributed by atoms with Gasteiger partial charge in [0.1, 0.15) is 0 Å². The molecular formula is C37H28BrP. The highest BCUT2D eigenvalue weighted by molar-refractivity contribution is 9.20. The van der Waals surface area contributed by atoms with Crippen LogP contribution < -0.4 is 15.9 Å². The van der Waals surface area contributed by atoms with Crippen molar-refractivity contribution in [2.24, 2.45) is 0 Å². The van der Waals surface area contributed by atoms with E-state index in [4.69, 9.17) is 0 Å². The summed E-state index contributed by atoms with van der Waals surface area (Å²) in [5.74, 6) is 0. The molecule has 6 rings (SSSR count). The van der Waals surface area contributed by atoms with E-state index in [1.165, 1.54) is 47.9 Å². The van der Waals surface area contributed by atoms with Crippen molar-refractivity contribution in [2.45, 2.75) is 0 Å². The van der Waals surface area contributed by atoms with Gasteiger partial charge in [-0.1, -0.05) is 170 Å². The monoisotopic (exact) mass is 582 g/mol. The Labute approximate surface area is 239 Å². The fraction of sp³-hybridized carbons (Fsp3) is 0. The summed E-state index contributed by atoms with van der Waals surface area (Å²) in [6.45, 7) is -2.38. The molecule has 0 nitrogen and oxygen atoms in total. The molecule has 0 aliphatic rings. The van der Waals surface area contributed by atoms with Crippen LogP contribution in [0.5, 0.6) is 0 Å². The van der Waals surface area contributed by atoms with Gasteiger partial charge < -0.3 is 0 Å². The summed E-state index contributed by atoms with van der Waals surface area (Å²) in [6, 6.07) is 61.3. The predicted octanol–water partition coefficient (Wildman–Crippen LogP) is 8.89. The topological polar surface area (TPSA) is 0 Å². The van der Waals surface area contributed by atoms with Crippen molar-refractivity contribution in [1.29, 1.82) is 0 Å². The zero-order valence-electron chi connectivity index (χ0n) is 21.5. The first-order valence-corrected chi connectivity index (χ1v) is 15.7. The summed E-state index contributed by atoms with van der Waals surface area (Å²) in [5, 5.41) is 3.96. The summed E-state index contributed by atoms with van der Waals surface area (Å²) < 4.78 is 1.22. The van der Waals surface area contributed by atoms with Crippen LogP contribution in [0.4, 0.5) is 0 Å². The highest BCUT2D eigenvalue weighted by atomic mass is 79.9. The summed E-state index contributed by atoms with van der Waals surface area (Å²) in [7, 11) is 0. The lowest BCUT2D eigenvalue weighted by Crippen LogP contribution is -2.30. The van der Waals surface area contributed by atoms with E-state index in [0.717, 1.165) is 0 Å². The Hall–Kier alpha value is -3.90. The van der Waals surface area contributed by atoms with E-state index >= 15 is 0 Å². The molecule has 0 saturated carbocycles. The van der Waals surface area contributed by atoms with Crippen molar-refractivity contribution in [1.82, 2.24) is 0 Å². The van der Waals surface area contributed by atoms with E-state index in [2.05, 4.69) is 186 Å². The van der Waals surface area contributed by atoms with Gasteiger partial charge in [-0.25, -0.2) is 0 Å². The molecule has 39 heavy (non-hydrogen) atoms. The molecule has 6 aromatic carbocycles. The van der Waals surface area contributed by atoms with Crippen molar-refractivity contribution in [3.05, 3.63) is 175 Å². The van der Waals surface area contributed by atoms with Crippen molar-refractivity contribution >= 4 is 42.9 Å². The molecule has 0 atom stereocenters. The molecule has 0 bridgehead atoms. The normalized spacial score (nSPS) is 11.2. The van der Waals surface area contributed by atoms with Crippen molar-refractivity contribution < 1.29 is 0 Å². The molecule has 0 radical (unpaired) electrons. The quantitative estimate of drug-likeness (QED) is 0.172. The van der Waals surface area contributed by atoms with E-state index in [9.17, 15) is 0 Å². The fourth-order valence-corrected chi connectivity index (χ4v) is 11.7. The largest absolute Gasteiger partial charge is 0.0622 e.